The summed E-state index contributed by atoms with van der Waals surface area (Å²) >= 11 is 0. The van der Waals surface area contributed by atoms with Gasteiger partial charge in [-0.1, -0.05) is 26.0 Å². The number of likely N-dealkylation sites (tertiary alicyclic amines) is 1. The lowest BCUT2D eigenvalue weighted by Gasteiger charge is -2.33. The second-order valence-corrected chi connectivity index (χ2v) is 5.53. The quantitative estimate of drug-likeness (QED) is 0.798. The Balaban J connectivity index is 2.01. The van der Waals surface area contributed by atoms with Crippen molar-refractivity contribution in [2.24, 2.45) is 5.92 Å². The van der Waals surface area contributed by atoms with E-state index in [0.717, 1.165) is 44.0 Å². The smallest absolute Gasteiger partial charge is 0.324 e. The largest absolute Gasteiger partial charge is 0.324 e. The van der Waals surface area contributed by atoms with Crippen LogP contribution in [0.3, 0.4) is 0 Å². The van der Waals surface area contributed by atoms with Crippen molar-refractivity contribution < 1.29 is 4.79 Å². The van der Waals surface area contributed by atoms with E-state index < -0.39 is 0 Å². The molecule has 0 aliphatic carbocycles. The summed E-state index contributed by atoms with van der Waals surface area (Å²) < 4.78 is 0. The zero-order chi connectivity index (χ0) is 13.8. The van der Waals surface area contributed by atoms with Crippen molar-refractivity contribution in [3.63, 3.8) is 0 Å². The summed E-state index contributed by atoms with van der Waals surface area (Å²) in [5, 5.41) is 0. The first kappa shape index (κ1) is 13.9. The zero-order valence-corrected chi connectivity index (χ0v) is 12.2. The molecule has 1 heterocycles. The highest BCUT2D eigenvalue weighted by Crippen LogP contribution is 2.20. The third-order valence-corrected chi connectivity index (χ3v) is 4.07. The normalized spacial score (nSPS) is 16.5. The lowest BCUT2D eigenvalue weighted by Crippen LogP contribution is -2.45. The Bertz CT molecular complexity index is 419. The van der Waals surface area contributed by atoms with Gasteiger partial charge in [0.15, 0.2) is 0 Å². The Morgan fingerprint density at radius 3 is 2.37 bits per heavy atom. The second kappa shape index (κ2) is 6.09. The van der Waals surface area contributed by atoms with Gasteiger partial charge >= 0.3 is 6.03 Å². The molecular formula is C16H24N2O. The Kier molecular flexibility index (Phi) is 4.46. The molecule has 1 aliphatic rings. The molecule has 104 valence electrons. The van der Waals surface area contributed by atoms with Crippen LogP contribution in [0.2, 0.25) is 0 Å². The number of carbonyl (C=O) groups excluding carboxylic acids is 1. The van der Waals surface area contributed by atoms with Crippen LogP contribution in [0.25, 0.3) is 0 Å². The van der Waals surface area contributed by atoms with Gasteiger partial charge in [0.05, 0.1) is 0 Å². The summed E-state index contributed by atoms with van der Waals surface area (Å²) in [6.07, 6.45) is 3.27. The van der Waals surface area contributed by atoms with Crippen LogP contribution in [-0.4, -0.2) is 31.1 Å². The molecule has 1 saturated heterocycles. The van der Waals surface area contributed by atoms with Crippen LogP contribution in [-0.2, 0) is 6.42 Å². The van der Waals surface area contributed by atoms with Crippen molar-refractivity contribution in [3.05, 3.63) is 29.8 Å². The van der Waals surface area contributed by atoms with Crippen LogP contribution in [0.4, 0.5) is 10.5 Å². The second-order valence-electron chi connectivity index (χ2n) is 5.53. The minimum Gasteiger partial charge on any atom is -0.324 e. The predicted octanol–water partition coefficient (Wildman–Crippen LogP) is 3.54. The van der Waals surface area contributed by atoms with Crippen molar-refractivity contribution in [3.8, 4) is 0 Å². The lowest BCUT2D eigenvalue weighted by molar-refractivity contribution is 0.181. The lowest BCUT2D eigenvalue weighted by atomic mass is 9.99. The molecule has 1 fully saturated rings. The number of rotatable bonds is 2. The average Bonchev–Trinajstić information content (AvgIpc) is 2.46. The van der Waals surface area contributed by atoms with E-state index in [0.29, 0.717) is 0 Å². The maximum Gasteiger partial charge on any atom is 0.324 e. The van der Waals surface area contributed by atoms with Crippen molar-refractivity contribution in [2.45, 2.75) is 33.1 Å². The van der Waals surface area contributed by atoms with Crippen molar-refractivity contribution in [1.29, 1.82) is 0 Å². The molecule has 19 heavy (non-hydrogen) atoms. The van der Waals surface area contributed by atoms with E-state index in [9.17, 15) is 4.79 Å². The molecule has 1 aliphatic heterocycles. The number of piperidine rings is 1. The van der Waals surface area contributed by atoms with Gasteiger partial charge in [0.2, 0.25) is 0 Å². The minimum atomic E-state index is 0.121. The molecule has 2 amide bonds. The van der Waals surface area contributed by atoms with Crippen LogP contribution in [0, 0.1) is 5.92 Å². The summed E-state index contributed by atoms with van der Waals surface area (Å²) in [4.78, 5) is 16.1. The van der Waals surface area contributed by atoms with Gasteiger partial charge in [-0.05, 0) is 42.9 Å². The summed E-state index contributed by atoms with van der Waals surface area (Å²) in [6.45, 7) is 6.17. The van der Waals surface area contributed by atoms with Gasteiger partial charge in [-0.2, -0.15) is 0 Å². The van der Waals surface area contributed by atoms with Gasteiger partial charge in [-0.3, -0.25) is 4.90 Å². The van der Waals surface area contributed by atoms with Gasteiger partial charge in [-0.15, -0.1) is 0 Å². The van der Waals surface area contributed by atoms with E-state index in [1.165, 1.54) is 5.56 Å². The Morgan fingerprint density at radius 1 is 1.26 bits per heavy atom. The molecule has 1 aromatic carbocycles. The molecule has 0 bridgehead atoms. The van der Waals surface area contributed by atoms with Crippen LogP contribution >= 0.6 is 0 Å². The fraction of sp³-hybridized carbons (Fsp3) is 0.562. The molecule has 0 unspecified atom stereocenters. The van der Waals surface area contributed by atoms with E-state index in [2.05, 4.69) is 26.0 Å². The van der Waals surface area contributed by atoms with Gasteiger partial charge < -0.3 is 4.90 Å². The third-order valence-electron chi connectivity index (χ3n) is 4.07. The zero-order valence-electron chi connectivity index (χ0n) is 12.2. The number of amides is 2. The fourth-order valence-electron chi connectivity index (χ4n) is 2.48. The highest BCUT2D eigenvalue weighted by Gasteiger charge is 2.23. The first-order valence-corrected chi connectivity index (χ1v) is 7.23. The topological polar surface area (TPSA) is 23.6 Å². The van der Waals surface area contributed by atoms with Crippen LogP contribution in [0.5, 0.6) is 0 Å². The summed E-state index contributed by atoms with van der Waals surface area (Å²) in [5.41, 5.74) is 2.28. The summed E-state index contributed by atoms with van der Waals surface area (Å²) in [7, 11) is 1.86. The number of carbonyl (C=O) groups is 1. The minimum absolute atomic E-state index is 0.121. The number of hydrogen-bond donors (Lipinski definition) is 0. The molecule has 0 radical (unpaired) electrons. The van der Waals surface area contributed by atoms with Crippen molar-refractivity contribution >= 4 is 11.7 Å². The molecule has 0 atom stereocenters. The molecule has 0 spiro atoms. The highest BCUT2D eigenvalue weighted by molar-refractivity contribution is 5.91. The number of aryl methyl sites for hydroxylation is 1. The number of hydrogen-bond acceptors (Lipinski definition) is 1. The molecule has 0 saturated carbocycles. The van der Waals surface area contributed by atoms with Gasteiger partial charge in [-0.25, -0.2) is 4.79 Å². The van der Waals surface area contributed by atoms with E-state index in [1.54, 1.807) is 4.90 Å². The first-order chi connectivity index (χ1) is 9.11. The first-order valence-electron chi connectivity index (χ1n) is 7.23. The van der Waals surface area contributed by atoms with E-state index in [-0.39, 0.29) is 6.03 Å². The van der Waals surface area contributed by atoms with Crippen molar-refractivity contribution in [2.75, 3.05) is 25.0 Å². The molecule has 0 aromatic heterocycles. The number of benzene rings is 1. The number of urea groups is 1. The monoisotopic (exact) mass is 260 g/mol. The Hall–Kier alpha value is -1.51. The van der Waals surface area contributed by atoms with Gasteiger partial charge in [0.1, 0.15) is 0 Å². The number of anilines is 1. The highest BCUT2D eigenvalue weighted by atomic mass is 16.2. The summed E-state index contributed by atoms with van der Waals surface area (Å²) in [5.74, 6) is 0.748. The number of nitrogens with zero attached hydrogens (tertiary/aromatic N) is 2. The van der Waals surface area contributed by atoms with Gasteiger partial charge in [0, 0.05) is 25.8 Å². The third kappa shape index (κ3) is 3.28. The maximum atomic E-state index is 12.4. The van der Waals surface area contributed by atoms with Crippen LogP contribution in [0.1, 0.15) is 32.3 Å². The molecule has 3 heteroatoms. The molecule has 0 N–H and O–H groups in total. The van der Waals surface area contributed by atoms with Crippen LogP contribution < -0.4 is 4.90 Å². The van der Waals surface area contributed by atoms with E-state index >= 15 is 0 Å². The molecule has 1 aromatic rings. The Morgan fingerprint density at radius 2 is 1.84 bits per heavy atom. The SMILES string of the molecule is CCc1ccc(N(C)C(=O)N2CCC(C)CC2)cc1. The van der Waals surface area contributed by atoms with E-state index in [1.807, 2.05) is 24.1 Å². The average molecular weight is 260 g/mol. The van der Waals surface area contributed by atoms with Crippen molar-refractivity contribution in [1.82, 2.24) is 4.90 Å². The molecule has 3 nitrogen and oxygen atoms in total. The van der Waals surface area contributed by atoms with E-state index in [4.69, 9.17) is 0 Å². The standard InChI is InChI=1S/C16H24N2O/c1-4-14-5-7-15(8-6-14)17(3)16(19)18-11-9-13(2)10-12-18/h5-8,13H,4,9-12H2,1-3H3. The Labute approximate surface area is 116 Å². The molecular weight excluding hydrogens is 236 g/mol. The summed E-state index contributed by atoms with van der Waals surface area (Å²) in [6, 6.07) is 8.37. The predicted molar refractivity (Wildman–Crippen MR) is 79.6 cm³/mol. The van der Waals surface area contributed by atoms with Crippen LogP contribution in [0.15, 0.2) is 24.3 Å². The van der Waals surface area contributed by atoms with Gasteiger partial charge in [0.25, 0.3) is 0 Å². The maximum absolute atomic E-state index is 12.4. The fourth-order valence-corrected chi connectivity index (χ4v) is 2.48. The molecule has 2 rings (SSSR count).